The van der Waals surface area contributed by atoms with Gasteiger partial charge in [-0.3, -0.25) is 0 Å². The molecule has 1 aliphatic heterocycles. The second-order valence-corrected chi connectivity index (χ2v) is 9.37. The summed E-state index contributed by atoms with van der Waals surface area (Å²) in [5, 5.41) is 0. The van der Waals surface area contributed by atoms with Crippen LogP contribution in [0.5, 0.6) is 0 Å². The Hall–Kier alpha value is -0.0900. The first-order valence-corrected chi connectivity index (χ1v) is 7.68. The first-order chi connectivity index (χ1) is 7.11. The molecule has 0 amide bonds. The first kappa shape index (κ1) is 12.4. The van der Waals surface area contributed by atoms with Gasteiger partial charge in [-0.05, 0) is 50.0 Å². The Balaban J connectivity index is 2.39. The zero-order valence-corrected chi connectivity index (χ0v) is 11.5. The second kappa shape index (κ2) is 3.02. The maximum Gasteiger partial charge on any atom is 0.155 e. The summed E-state index contributed by atoms with van der Waals surface area (Å²) in [5.74, 6) is 0.563. The van der Waals surface area contributed by atoms with Crippen molar-refractivity contribution in [3.05, 3.63) is 0 Å². The molecule has 4 heteroatoms. The van der Waals surface area contributed by atoms with E-state index in [9.17, 15) is 8.42 Å². The van der Waals surface area contributed by atoms with Gasteiger partial charge in [0, 0.05) is 0 Å². The molecule has 2 fully saturated rings. The van der Waals surface area contributed by atoms with E-state index in [1.807, 2.05) is 13.8 Å². The molecule has 0 aromatic rings. The van der Waals surface area contributed by atoms with E-state index >= 15 is 0 Å². The number of hydrogen-bond donors (Lipinski definition) is 1. The van der Waals surface area contributed by atoms with Crippen molar-refractivity contribution in [2.45, 2.75) is 45.3 Å². The zero-order valence-electron chi connectivity index (χ0n) is 10.7. The Bertz CT molecular complexity index is 411. The summed E-state index contributed by atoms with van der Waals surface area (Å²) in [6.07, 6.45) is 1.86. The summed E-state index contributed by atoms with van der Waals surface area (Å²) in [7, 11) is -2.93. The third-order valence-electron chi connectivity index (χ3n) is 5.33. The minimum absolute atomic E-state index is 0.0556. The van der Waals surface area contributed by atoms with Gasteiger partial charge in [-0.25, -0.2) is 8.42 Å². The first-order valence-electron chi connectivity index (χ1n) is 6.03. The number of nitrogens with two attached hydrogens (primary N) is 1. The van der Waals surface area contributed by atoms with Crippen molar-refractivity contribution >= 4 is 9.84 Å². The van der Waals surface area contributed by atoms with E-state index in [4.69, 9.17) is 5.73 Å². The lowest BCUT2D eigenvalue weighted by Gasteiger charge is -2.35. The highest BCUT2D eigenvalue weighted by Crippen LogP contribution is 2.71. The summed E-state index contributed by atoms with van der Waals surface area (Å²) in [4.78, 5) is 0. The van der Waals surface area contributed by atoms with Gasteiger partial charge in [-0.2, -0.15) is 0 Å². The highest BCUT2D eigenvalue weighted by Gasteiger charge is 2.69. The fraction of sp³-hybridized carbons (Fsp3) is 1.00. The Morgan fingerprint density at radius 2 is 1.75 bits per heavy atom. The van der Waals surface area contributed by atoms with Gasteiger partial charge in [0.2, 0.25) is 0 Å². The molecule has 3 nitrogen and oxygen atoms in total. The Morgan fingerprint density at radius 3 is 2.00 bits per heavy atom. The van der Waals surface area contributed by atoms with Gasteiger partial charge < -0.3 is 5.73 Å². The van der Waals surface area contributed by atoms with Crippen LogP contribution < -0.4 is 5.73 Å². The molecule has 1 heterocycles. The summed E-state index contributed by atoms with van der Waals surface area (Å²) < 4.78 is 23.5. The summed E-state index contributed by atoms with van der Waals surface area (Å²) >= 11 is 0. The average Bonchev–Trinajstić information content (AvgIpc) is 2.60. The molecule has 94 valence electrons. The third kappa shape index (κ3) is 1.26. The van der Waals surface area contributed by atoms with Crippen LogP contribution in [0.1, 0.15) is 40.5 Å². The van der Waals surface area contributed by atoms with Crippen LogP contribution in [0.15, 0.2) is 0 Å². The van der Waals surface area contributed by atoms with E-state index < -0.39 is 14.6 Å². The molecule has 2 N–H and O–H groups in total. The molecule has 0 bridgehead atoms. The fourth-order valence-corrected chi connectivity index (χ4v) is 5.72. The topological polar surface area (TPSA) is 60.2 Å². The number of sulfone groups is 1. The van der Waals surface area contributed by atoms with Crippen molar-refractivity contribution in [2.75, 3.05) is 12.3 Å². The van der Waals surface area contributed by atoms with Crippen LogP contribution in [0.25, 0.3) is 0 Å². The van der Waals surface area contributed by atoms with Gasteiger partial charge in [-0.15, -0.1) is 0 Å². The van der Waals surface area contributed by atoms with Gasteiger partial charge in [0.1, 0.15) is 0 Å². The van der Waals surface area contributed by atoms with Crippen molar-refractivity contribution in [1.82, 2.24) is 0 Å². The lowest BCUT2D eigenvalue weighted by molar-refractivity contribution is 0.212. The minimum atomic E-state index is -2.93. The van der Waals surface area contributed by atoms with E-state index in [0.717, 1.165) is 12.8 Å². The monoisotopic (exact) mass is 245 g/mol. The molecule has 0 aromatic heterocycles. The van der Waals surface area contributed by atoms with Crippen LogP contribution in [0, 0.1) is 16.7 Å². The molecule has 2 rings (SSSR count). The summed E-state index contributed by atoms with van der Waals surface area (Å²) in [6.45, 7) is 8.79. The molecule has 2 atom stereocenters. The molecule has 0 radical (unpaired) electrons. The Morgan fingerprint density at radius 1 is 1.25 bits per heavy atom. The van der Waals surface area contributed by atoms with E-state index in [1.54, 1.807) is 0 Å². The van der Waals surface area contributed by atoms with Crippen molar-refractivity contribution < 1.29 is 8.42 Å². The van der Waals surface area contributed by atoms with Gasteiger partial charge >= 0.3 is 0 Å². The highest BCUT2D eigenvalue weighted by molar-refractivity contribution is 7.93. The Kier molecular flexibility index (Phi) is 2.33. The standard InChI is InChI=1S/C12H23NO2S/c1-10(2)7-12(10,8-13)9-5-6-16(14,15)11(9,3)4/h9H,5-8,13H2,1-4H3. The molecule has 0 spiro atoms. The van der Waals surface area contributed by atoms with Crippen molar-refractivity contribution in [1.29, 1.82) is 0 Å². The molecule has 2 unspecified atom stereocenters. The highest BCUT2D eigenvalue weighted by atomic mass is 32.2. The van der Waals surface area contributed by atoms with Gasteiger partial charge in [0.05, 0.1) is 10.5 Å². The predicted molar refractivity (Wildman–Crippen MR) is 65.9 cm³/mol. The van der Waals surface area contributed by atoms with Gasteiger partial charge in [0.25, 0.3) is 0 Å². The molecule has 1 saturated carbocycles. The van der Waals surface area contributed by atoms with Crippen LogP contribution in [0.3, 0.4) is 0 Å². The van der Waals surface area contributed by atoms with E-state index in [-0.39, 0.29) is 16.7 Å². The Labute approximate surface area is 98.7 Å². The summed E-state index contributed by atoms with van der Waals surface area (Å²) in [5.41, 5.74) is 6.21. The lowest BCUT2D eigenvalue weighted by Crippen LogP contribution is -2.42. The molecule has 2 aliphatic rings. The molecule has 16 heavy (non-hydrogen) atoms. The SMILES string of the molecule is CC1(C)CC1(CN)C1CCS(=O)(=O)C1(C)C. The predicted octanol–water partition coefficient (Wildman–Crippen LogP) is 1.57. The molecular formula is C12H23NO2S. The lowest BCUT2D eigenvalue weighted by atomic mass is 9.74. The summed E-state index contributed by atoms with van der Waals surface area (Å²) in [6, 6.07) is 0. The maximum atomic E-state index is 12.1. The maximum absolute atomic E-state index is 12.1. The largest absolute Gasteiger partial charge is 0.330 e. The molecule has 1 saturated heterocycles. The van der Waals surface area contributed by atoms with Crippen LogP contribution >= 0.6 is 0 Å². The smallest absolute Gasteiger partial charge is 0.155 e. The van der Waals surface area contributed by atoms with E-state index in [2.05, 4.69) is 13.8 Å². The van der Waals surface area contributed by atoms with Crippen LogP contribution in [0.4, 0.5) is 0 Å². The molecular weight excluding hydrogens is 222 g/mol. The quantitative estimate of drug-likeness (QED) is 0.803. The van der Waals surface area contributed by atoms with Crippen LogP contribution in [-0.4, -0.2) is 25.5 Å². The second-order valence-electron chi connectivity index (χ2n) is 6.68. The van der Waals surface area contributed by atoms with Gasteiger partial charge in [0.15, 0.2) is 9.84 Å². The number of hydrogen-bond acceptors (Lipinski definition) is 3. The van der Waals surface area contributed by atoms with Crippen molar-refractivity contribution in [2.24, 2.45) is 22.5 Å². The fourth-order valence-electron chi connectivity index (χ4n) is 3.87. The van der Waals surface area contributed by atoms with E-state index in [0.29, 0.717) is 12.3 Å². The normalized spacial score (nSPS) is 43.2. The van der Waals surface area contributed by atoms with E-state index in [1.165, 1.54) is 0 Å². The number of rotatable bonds is 2. The molecule has 1 aliphatic carbocycles. The zero-order chi connectivity index (χ0) is 12.4. The average molecular weight is 245 g/mol. The third-order valence-corrected chi connectivity index (χ3v) is 7.99. The molecule has 0 aromatic carbocycles. The van der Waals surface area contributed by atoms with Crippen molar-refractivity contribution in [3.8, 4) is 0 Å². The minimum Gasteiger partial charge on any atom is -0.330 e. The van der Waals surface area contributed by atoms with Gasteiger partial charge in [-0.1, -0.05) is 13.8 Å². The van der Waals surface area contributed by atoms with Crippen molar-refractivity contribution in [3.63, 3.8) is 0 Å². The van der Waals surface area contributed by atoms with Crippen LogP contribution in [-0.2, 0) is 9.84 Å². The van der Waals surface area contributed by atoms with Crippen LogP contribution in [0.2, 0.25) is 0 Å².